The second kappa shape index (κ2) is 7.50. The summed E-state index contributed by atoms with van der Waals surface area (Å²) in [7, 11) is 0. The predicted molar refractivity (Wildman–Crippen MR) is 68.9 cm³/mol. The van der Waals surface area contributed by atoms with E-state index in [1.807, 2.05) is 0 Å². The largest absolute Gasteiger partial charge is 0.361 e. The summed E-state index contributed by atoms with van der Waals surface area (Å²) in [6.07, 6.45) is 7.43. The molecule has 0 aromatic heterocycles. The van der Waals surface area contributed by atoms with E-state index in [1.165, 1.54) is 19.3 Å². The van der Waals surface area contributed by atoms with Gasteiger partial charge in [-0.25, -0.2) is 14.4 Å². The summed E-state index contributed by atoms with van der Waals surface area (Å²) in [5, 5.41) is 9.86. The number of quaternary nitrogens is 1. The van der Waals surface area contributed by atoms with E-state index in [9.17, 15) is 19.6 Å². The molecule has 1 saturated heterocycles. The maximum atomic E-state index is 11.8. The van der Waals surface area contributed by atoms with Crippen LogP contribution in [0, 0.1) is 0 Å². The average molecular weight is 270 g/mol. The van der Waals surface area contributed by atoms with Crippen LogP contribution in [0.5, 0.6) is 0 Å². The Morgan fingerprint density at radius 3 is 2.00 bits per heavy atom. The molecule has 1 N–H and O–H groups in total. The monoisotopic (exact) mass is 270 g/mol. The topological polar surface area (TPSA) is 71.4 Å². The molecule has 0 aliphatic carbocycles. The van der Waals surface area contributed by atoms with Crippen molar-refractivity contribution in [2.75, 3.05) is 0 Å². The van der Waals surface area contributed by atoms with Gasteiger partial charge in [0.1, 0.15) is 0 Å². The fraction of sp³-hybridized carbons (Fsp3) is 0.786. The Labute approximate surface area is 114 Å². The van der Waals surface area contributed by atoms with Gasteiger partial charge in [0, 0.05) is 4.65 Å². The summed E-state index contributed by atoms with van der Waals surface area (Å²) >= 11 is 0. The molecule has 1 rings (SSSR count). The number of amides is 3. The lowest BCUT2D eigenvalue weighted by Gasteiger charge is -2.16. The van der Waals surface area contributed by atoms with Gasteiger partial charge in [-0.1, -0.05) is 45.4 Å². The number of likely N-dealkylation sites (tertiary alicyclic amines) is 1. The fourth-order valence-corrected chi connectivity index (χ4v) is 2.35. The molecule has 19 heavy (non-hydrogen) atoms. The summed E-state index contributed by atoms with van der Waals surface area (Å²) in [6, 6.07) is 0. The third-order valence-electron chi connectivity index (χ3n) is 3.63. The lowest BCUT2D eigenvalue weighted by atomic mass is 10.1. The standard InChI is InChI=1S/C14H24NO4/c1-2-3-4-5-6-7-8-9-12(16)15(19)13(17)10-11-14(15)18/h19H,2-11H2,1H3/q+1. The van der Waals surface area contributed by atoms with Crippen molar-refractivity contribution in [3.63, 3.8) is 0 Å². The maximum Gasteiger partial charge on any atom is 0.361 e. The van der Waals surface area contributed by atoms with E-state index in [4.69, 9.17) is 0 Å². The zero-order valence-corrected chi connectivity index (χ0v) is 11.7. The van der Waals surface area contributed by atoms with Crippen LogP contribution >= 0.6 is 0 Å². The molecule has 0 aromatic carbocycles. The lowest BCUT2D eigenvalue weighted by molar-refractivity contribution is -0.905. The van der Waals surface area contributed by atoms with E-state index in [0.29, 0.717) is 6.42 Å². The van der Waals surface area contributed by atoms with Crippen molar-refractivity contribution in [1.29, 1.82) is 0 Å². The number of hydrogen-bond acceptors (Lipinski definition) is 4. The van der Waals surface area contributed by atoms with E-state index in [-0.39, 0.29) is 19.3 Å². The van der Waals surface area contributed by atoms with Crippen LogP contribution in [0.1, 0.15) is 71.1 Å². The zero-order chi connectivity index (χ0) is 14.3. The Kier molecular flexibility index (Phi) is 6.31. The Bertz CT molecular complexity index is 335. The van der Waals surface area contributed by atoms with E-state index in [2.05, 4.69) is 6.92 Å². The molecule has 1 heterocycles. The van der Waals surface area contributed by atoms with Gasteiger partial charge in [-0.15, -0.1) is 0 Å². The second-order valence-corrected chi connectivity index (χ2v) is 5.19. The van der Waals surface area contributed by atoms with Crippen LogP contribution in [0.15, 0.2) is 0 Å². The van der Waals surface area contributed by atoms with E-state index >= 15 is 0 Å². The van der Waals surface area contributed by atoms with Crippen LogP contribution in [0.25, 0.3) is 0 Å². The number of rotatable bonds is 8. The van der Waals surface area contributed by atoms with Crippen molar-refractivity contribution in [2.24, 2.45) is 0 Å². The highest BCUT2D eigenvalue weighted by Crippen LogP contribution is 2.22. The Hall–Kier alpha value is -1.07. The predicted octanol–water partition coefficient (Wildman–Crippen LogP) is 2.71. The first-order chi connectivity index (χ1) is 9.03. The van der Waals surface area contributed by atoms with Crippen LogP contribution in [0.2, 0.25) is 0 Å². The molecule has 0 bridgehead atoms. The molecule has 3 amide bonds. The number of carbonyl (C=O) groups is 3. The third kappa shape index (κ3) is 3.94. The summed E-state index contributed by atoms with van der Waals surface area (Å²) in [5.41, 5.74) is 0. The molecule has 108 valence electrons. The van der Waals surface area contributed by atoms with Crippen molar-refractivity contribution in [3.05, 3.63) is 0 Å². The smallest absolute Gasteiger partial charge is 0.226 e. The summed E-state index contributed by atoms with van der Waals surface area (Å²) < 4.78 is -1.59. The van der Waals surface area contributed by atoms with Crippen LogP contribution in [0.3, 0.4) is 0 Å². The van der Waals surface area contributed by atoms with Gasteiger partial charge in [-0.3, -0.25) is 0 Å². The molecule has 1 fully saturated rings. The van der Waals surface area contributed by atoms with Gasteiger partial charge in [0.15, 0.2) is 0 Å². The number of imide groups is 3. The molecular weight excluding hydrogens is 246 g/mol. The summed E-state index contributed by atoms with van der Waals surface area (Å²) in [5.74, 6) is -2.03. The van der Waals surface area contributed by atoms with Crippen molar-refractivity contribution in [1.82, 2.24) is 0 Å². The third-order valence-corrected chi connectivity index (χ3v) is 3.63. The molecular formula is C14H24NO4+. The summed E-state index contributed by atoms with van der Waals surface area (Å²) in [4.78, 5) is 34.7. The average Bonchev–Trinajstić information content (AvgIpc) is 2.66. The molecule has 0 spiro atoms. The molecule has 0 atom stereocenters. The van der Waals surface area contributed by atoms with Gasteiger partial charge in [0.25, 0.3) is 0 Å². The minimum absolute atomic E-state index is 0.0297. The molecule has 1 aliphatic heterocycles. The highest BCUT2D eigenvalue weighted by molar-refractivity contribution is 6.01. The SMILES string of the molecule is CCCCCCCCCC(=O)[N+]1(O)C(=O)CCC1=O. The maximum absolute atomic E-state index is 11.8. The number of hydroxylamine groups is 3. The fourth-order valence-electron chi connectivity index (χ4n) is 2.35. The molecule has 5 heteroatoms. The van der Waals surface area contributed by atoms with Crippen LogP contribution in [0.4, 0.5) is 0 Å². The van der Waals surface area contributed by atoms with Crippen molar-refractivity contribution in [3.8, 4) is 0 Å². The first-order valence-corrected chi connectivity index (χ1v) is 7.25. The van der Waals surface area contributed by atoms with Crippen molar-refractivity contribution in [2.45, 2.75) is 71.1 Å². The molecule has 5 nitrogen and oxygen atoms in total. The van der Waals surface area contributed by atoms with Gasteiger partial charge in [-0.2, -0.15) is 5.21 Å². The quantitative estimate of drug-likeness (QED) is 0.318. The molecule has 0 unspecified atom stereocenters. The first-order valence-electron chi connectivity index (χ1n) is 7.25. The highest BCUT2D eigenvalue weighted by atomic mass is 16.6. The molecule has 0 radical (unpaired) electrons. The number of nitrogens with zero attached hydrogens (tertiary/aromatic N) is 1. The first kappa shape index (κ1) is 16.0. The van der Waals surface area contributed by atoms with Gasteiger partial charge < -0.3 is 0 Å². The Balaban J connectivity index is 2.24. The minimum Gasteiger partial charge on any atom is -0.226 e. The second-order valence-electron chi connectivity index (χ2n) is 5.19. The van der Waals surface area contributed by atoms with Crippen LogP contribution in [-0.2, 0) is 14.4 Å². The molecule has 0 saturated carbocycles. The summed E-state index contributed by atoms with van der Waals surface area (Å²) in [6.45, 7) is 2.16. The number of hydrogen-bond donors (Lipinski definition) is 1. The van der Waals surface area contributed by atoms with Crippen molar-refractivity contribution < 1.29 is 24.2 Å². The van der Waals surface area contributed by atoms with Gasteiger partial charge >= 0.3 is 17.7 Å². The van der Waals surface area contributed by atoms with Gasteiger partial charge in [0.05, 0.1) is 19.3 Å². The van der Waals surface area contributed by atoms with Crippen LogP contribution in [-0.4, -0.2) is 27.6 Å². The number of carbonyl (C=O) groups excluding carboxylic acids is 3. The highest BCUT2D eigenvalue weighted by Gasteiger charge is 2.55. The van der Waals surface area contributed by atoms with E-state index < -0.39 is 22.4 Å². The lowest BCUT2D eigenvalue weighted by Crippen LogP contribution is -2.53. The Morgan fingerprint density at radius 2 is 1.47 bits per heavy atom. The van der Waals surface area contributed by atoms with Gasteiger partial charge in [-0.05, 0) is 6.42 Å². The van der Waals surface area contributed by atoms with Gasteiger partial charge in [0.2, 0.25) is 0 Å². The van der Waals surface area contributed by atoms with E-state index in [1.54, 1.807) is 0 Å². The Morgan fingerprint density at radius 1 is 1.00 bits per heavy atom. The van der Waals surface area contributed by atoms with Crippen LogP contribution < -0.4 is 0 Å². The molecule has 0 aromatic rings. The minimum atomic E-state index is -1.59. The number of unbranched alkanes of at least 4 members (excludes halogenated alkanes) is 6. The van der Waals surface area contributed by atoms with Crippen molar-refractivity contribution >= 4 is 17.7 Å². The molecule has 1 aliphatic rings. The van der Waals surface area contributed by atoms with E-state index in [0.717, 1.165) is 19.3 Å². The zero-order valence-electron chi connectivity index (χ0n) is 11.7. The normalized spacial score (nSPS) is 18.0.